The van der Waals surface area contributed by atoms with Crippen LogP contribution in [0.2, 0.25) is 5.02 Å². The molecule has 0 saturated heterocycles. The molecular weight excluding hydrogens is 386 g/mol. The Balaban J connectivity index is 1.63. The highest BCUT2D eigenvalue weighted by molar-refractivity contribution is 7.99. The molecule has 7 nitrogen and oxygen atoms in total. The number of furan rings is 1. The molecule has 0 aliphatic heterocycles. The van der Waals surface area contributed by atoms with Gasteiger partial charge in [0.15, 0.2) is 11.0 Å². The maximum absolute atomic E-state index is 12.1. The molecule has 3 rings (SSSR count). The fraction of sp³-hybridized carbons (Fsp3) is 0.222. The van der Waals surface area contributed by atoms with Gasteiger partial charge in [-0.1, -0.05) is 23.4 Å². The van der Waals surface area contributed by atoms with Crippen LogP contribution in [0, 0.1) is 0 Å². The van der Waals surface area contributed by atoms with Crippen molar-refractivity contribution in [3.8, 4) is 11.4 Å². The number of thioether (sulfide) groups is 1. The van der Waals surface area contributed by atoms with E-state index in [0.717, 1.165) is 11.4 Å². The standard InChI is InChI=1S/C18H18ClN5O2S/c1-3-24-17(13-6-8-14(19)9-7-13)22-23-18(24)27-11-16(25)21-20-12(2)15-5-4-10-26-15/h4-10H,3,11H2,1-2H3,(H,21,25). The van der Waals surface area contributed by atoms with E-state index < -0.39 is 0 Å². The Morgan fingerprint density at radius 2 is 2.07 bits per heavy atom. The normalized spacial score (nSPS) is 11.6. The second-order valence-electron chi connectivity index (χ2n) is 5.56. The predicted molar refractivity (Wildman–Crippen MR) is 106 cm³/mol. The maximum atomic E-state index is 12.1. The van der Waals surface area contributed by atoms with Crippen LogP contribution < -0.4 is 5.43 Å². The number of amides is 1. The average Bonchev–Trinajstić information content (AvgIpc) is 3.34. The summed E-state index contributed by atoms with van der Waals surface area (Å²) in [6, 6.07) is 11.0. The van der Waals surface area contributed by atoms with Crippen molar-refractivity contribution in [1.29, 1.82) is 0 Å². The first-order valence-electron chi connectivity index (χ1n) is 8.27. The SMILES string of the molecule is CCn1c(SCC(=O)NN=C(C)c2ccco2)nnc1-c1ccc(Cl)cc1. The number of nitrogens with zero attached hydrogens (tertiary/aromatic N) is 4. The minimum atomic E-state index is -0.232. The van der Waals surface area contributed by atoms with Gasteiger partial charge in [-0.15, -0.1) is 10.2 Å². The summed E-state index contributed by atoms with van der Waals surface area (Å²) in [5.74, 6) is 1.29. The molecule has 3 aromatic rings. The van der Waals surface area contributed by atoms with Crippen molar-refractivity contribution in [2.75, 3.05) is 5.75 Å². The van der Waals surface area contributed by atoms with Gasteiger partial charge in [0.05, 0.1) is 12.0 Å². The van der Waals surface area contributed by atoms with Crippen molar-refractivity contribution >= 4 is 35.0 Å². The number of hydrogen-bond acceptors (Lipinski definition) is 6. The highest BCUT2D eigenvalue weighted by Gasteiger charge is 2.14. The summed E-state index contributed by atoms with van der Waals surface area (Å²) in [4.78, 5) is 12.1. The summed E-state index contributed by atoms with van der Waals surface area (Å²) in [5, 5.41) is 13.8. The molecule has 0 aliphatic rings. The highest BCUT2D eigenvalue weighted by Crippen LogP contribution is 2.25. The number of aromatic nitrogens is 3. The van der Waals surface area contributed by atoms with Gasteiger partial charge >= 0.3 is 0 Å². The molecular formula is C18H18ClN5O2S. The van der Waals surface area contributed by atoms with Gasteiger partial charge in [0.2, 0.25) is 0 Å². The van der Waals surface area contributed by atoms with E-state index in [1.165, 1.54) is 11.8 Å². The molecule has 27 heavy (non-hydrogen) atoms. The first kappa shape index (κ1) is 19.2. The van der Waals surface area contributed by atoms with Crippen molar-refractivity contribution in [3.63, 3.8) is 0 Å². The molecule has 0 saturated carbocycles. The van der Waals surface area contributed by atoms with E-state index in [0.29, 0.717) is 28.2 Å². The molecule has 0 fully saturated rings. The molecule has 0 aliphatic carbocycles. The van der Waals surface area contributed by atoms with Crippen LogP contribution in [-0.4, -0.2) is 32.1 Å². The van der Waals surface area contributed by atoms with E-state index in [1.54, 1.807) is 25.3 Å². The molecule has 9 heteroatoms. The van der Waals surface area contributed by atoms with Crippen LogP contribution >= 0.6 is 23.4 Å². The minimum Gasteiger partial charge on any atom is -0.463 e. The van der Waals surface area contributed by atoms with Crippen LogP contribution in [0.1, 0.15) is 19.6 Å². The topological polar surface area (TPSA) is 85.3 Å². The van der Waals surface area contributed by atoms with E-state index in [2.05, 4.69) is 20.7 Å². The Kier molecular flexibility index (Phi) is 6.31. The number of carbonyl (C=O) groups is 1. The first-order chi connectivity index (χ1) is 13.1. The Hall–Kier alpha value is -2.58. The monoisotopic (exact) mass is 403 g/mol. The van der Waals surface area contributed by atoms with Gasteiger partial charge in [0, 0.05) is 17.1 Å². The van der Waals surface area contributed by atoms with E-state index in [4.69, 9.17) is 16.0 Å². The molecule has 1 amide bonds. The van der Waals surface area contributed by atoms with Crippen LogP contribution in [0.4, 0.5) is 0 Å². The van der Waals surface area contributed by atoms with Crippen LogP contribution in [0.15, 0.2) is 57.3 Å². The lowest BCUT2D eigenvalue weighted by atomic mass is 10.2. The summed E-state index contributed by atoms with van der Waals surface area (Å²) >= 11 is 7.25. The quantitative estimate of drug-likeness (QED) is 0.368. The van der Waals surface area contributed by atoms with Crippen molar-refractivity contribution < 1.29 is 9.21 Å². The number of hydrogen-bond donors (Lipinski definition) is 1. The third kappa shape index (κ3) is 4.78. The van der Waals surface area contributed by atoms with E-state index >= 15 is 0 Å². The zero-order valence-corrected chi connectivity index (χ0v) is 16.4. The van der Waals surface area contributed by atoms with Crippen molar-refractivity contribution in [2.24, 2.45) is 5.10 Å². The smallest absolute Gasteiger partial charge is 0.250 e. The molecule has 2 aromatic heterocycles. The van der Waals surface area contributed by atoms with Crippen LogP contribution in [-0.2, 0) is 11.3 Å². The number of hydrazone groups is 1. The van der Waals surface area contributed by atoms with Crippen molar-refractivity contribution in [1.82, 2.24) is 20.2 Å². The van der Waals surface area contributed by atoms with Gasteiger partial charge in [-0.25, -0.2) is 5.43 Å². The molecule has 2 heterocycles. The van der Waals surface area contributed by atoms with Crippen LogP contribution in [0.5, 0.6) is 0 Å². The Labute approximate surface area is 165 Å². The number of rotatable bonds is 7. The zero-order chi connectivity index (χ0) is 19.2. The summed E-state index contributed by atoms with van der Waals surface area (Å²) < 4.78 is 7.18. The third-order valence-corrected chi connectivity index (χ3v) is 4.91. The van der Waals surface area contributed by atoms with Gasteiger partial charge in [-0.2, -0.15) is 5.10 Å². The maximum Gasteiger partial charge on any atom is 0.250 e. The Bertz CT molecular complexity index is 935. The van der Waals surface area contributed by atoms with Gasteiger partial charge in [0.25, 0.3) is 5.91 Å². The number of benzene rings is 1. The van der Waals surface area contributed by atoms with E-state index in [-0.39, 0.29) is 11.7 Å². The molecule has 0 unspecified atom stereocenters. The van der Waals surface area contributed by atoms with Crippen LogP contribution in [0.25, 0.3) is 11.4 Å². The molecule has 0 radical (unpaired) electrons. The van der Waals surface area contributed by atoms with E-state index in [1.807, 2.05) is 35.8 Å². The molecule has 0 spiro atoms. The molecule has 140 valence electrons. The summed E-state index contributed by atoms with van der Waals surface area (Å²) in [6.45, 7) is 4.45. The highest BCUT2D eigenvalue weighted by atomic mass is 35.5. The number of nitrogens with one attached hydrogen (secondary N) is 1. The molecule has 0 bridgehead atoms. The second-order valence-corrected chi connectivity index (χ2v) is 6.93. The summed E-state index contributed by atoms with van der Waals surface area (Å²) in [5.41, 5.74) is 4.04. The fourth-order valence-corrected chi connectivity index (χ4v) is 3.26. The molecule has 1 aromatic carbocycles. The Morgan fingerprint density at radius 3 is 2.74 bits per heavy atom. The molecule has 1 N–H and O–H groups in total. The summed E-state index contributed by atoms with van der Waals surface area (Å²) in [6.07, 6.45) is 1.56. The van der Waals surface area contributed by atoms with Crippen LogP contribution in [0.3, 0.4) is 0 Å². The lowest BCUT2D eigenvalue weighted by Crippen LogP contribution is -2.21. The molecule has 0 atom stereocenters. The van der Waals surface area contributed by atoms with Crippen molar-refractivity contribution in [3.05, 3.63) is 53.4 Å². The van der Waals surface area contributed by atoms with Crippen molar-refractivity contribution in [2.45, 2.75) is 25.5 Å². The summed E-state index contributed by atoms with van der Waals surface area (Å²) in [7, 11) is 0. The third-order valence-electron chi connectivity index (χ3n) is 3.69. The second kappa shape index (κ2) is 8.88. The lowest BCUT2D eigenvalue weighted by molar-refractivity contribution is -0.118. The fourth-order valence-electron chi connectivity index (χ4n) is 2.34. The largest absolute Gasteiger partial charge is 0.463 e. The van der Waals surface area contributed by atoms with Gasteiger partial charge in [0.1, 0.15) is 11.5 Å². The van der Waals surface area contributed by atoms with E-state index in [9.17, 15) is 4.79 Å². The lowest BCUT2D eigenvalue weighted by Gasteiger charge is -2.07. The zero-order valence-electron chi connectivity index (χ0n) is 14.8. The number of halogens is 1. The number of carbonyl (C=O) groups excluding carboxylic acids is 1. The first-order valence-corrected chi connectivity index (χ1v) is 9.63. The van der Waals surface area contributed by atoms with Gasteiger partial charge in [-0.05, 0) is 50.2 Å². The van der Waals surface area contributed by atoms with Gasteiger partial charge in [-0.3, -0.25) is 4.79 Å². The minimum absolute atomic E-state index is 0.174. The average molecular weight is 404 g/mol. The predicted octanol–water partition coefficient (Wildman–Crippen LogP) is 3.84. The van der Waals surface area contributed by atoms with Gasteiger partial charge < -0.3 is 8.98 Å². The Morgan fingerprint density at radius 1 is 1.30 bits per heavy atom.